The van der Waals surface area contributed by atoms with Crippen molar-refractivity contribution in [2.75, 3.05) is 11.5 Å². The van der Waals surface area contributed by atoms with Crippen LogP contribution < -0.4 is 15.0 Å². The maximum atomic E-state index is 13.1. The van der Waals surface area contributed by atoms with Crippen LogP contribution in [0.1, 0.15) is 12.7 Å². The molecule has 4 rings (SSSR count). The van der Waals surface area contributed by atoms with Crippen molar-refractivity contribution in [1.29, 1.82) is 0 Å². The van der Waals surface area contributed by atoms with Crippen LogP contribution in [0.3, 0.4) is 0 Å². The summed E-state index contributed by atoms with van der Waals surface area (Å²) in [6, 6.07) is 13.8. The van der Waals surface area contributed by atoms with Crippen molar-refractivity contribution in [2.24, 2.45) is 0 Å². The number of para-hydroxylation sites is 2. The molecule has 4 amide bonds. The summed E-state index contributed by atoms with van der Waals surface area (Å²) in [5.74, 6) is -0.666. The molecule has 162 valence electrons. The van der Waals surface area contributed by atoms with Crippen LogP contribution in [0.15, 0.2) is 64.6 Å². The van der Waals surface area contributed by atoms with Crippen molar-refractivity contribution >= 4 is 52.8 Å². The molecule has 1 N–H and O–H groups in total. The predicted molar refractivity (Wildman–Crippen MR) is 121 cm³/mol. The molecule has 3 aromatic rings. The Morgan fingerprint density at radius 3 is 2.62 bits per heavy atom. The number of benzene rings is 2. The lowest BCUT2D eigenvalue weighted by Crippen LogP contribution is -2.54. The van der Waals surface area contributed by atoms with Crippen LogP contribution in [0.4, 0.5) is 10.5 Å². The van der Waals surface area contributed by atoms with Gasteiger partial charge in [0.2, 0.25) is 0 Å². The van der Waals surface area contributed by atoms with Crippen LogP contribution in [-0.4, -0.2) is 24.5 Å². The molecule has 1 aliphatic heterocycles. The van der Waals surface area contributed by atoms with Gasteiger partial charge in [0, 0.05) is 10.6 Å². The third kappa shape index (κ3) is 4.12. The van der Waals surface area contributed by atoms with Crippen molar-refractivity contribution in [3.05, 3.63) is 76.0 Å². The standard InChI is InChI=1S/C23H16Cl2N2O5/c1-2-31-20-6-4-3-5-18(20)27-22(29)16(21(28)26-23(27)30)12-14-8-10-19(32-14)15-11-13(24)7-9-17(15)25/h3-12H,2H2,1H3,(H,26,28,30)/b16-12+. The largest absolute Gasteiger partial charge is 0.492 e. The van der Waals surface area contributed by atoms with E-state index in [1.165, 1.54) is 6.08 Å². The Hall–Kier alpha value is -3.55. The monoisotopic (exact) mass is 470 g/mol. The molecule has 2 heterocycles. The van der Waals surface area contributed by atoms with Crippen molar-refractivity contribution in [3.63, 3.8) is 0 Å². The third-order valence-corrected chi connectivity index (χ3v) is 5.18. The molecule has 9 heteroatoms. The number of hydrogen-bond acceptors (Lipinski definition) is 5. The summed E-state index contributed by atoms with van der Waals surface area (Å²) in [6.07, 6.45) is 1.27. The number of carbonyl (C=O) groups excluding carboxylic acids is 3. The van der Waals surface area contributed by atoms with Crippen molar-refractivity contribution in [1.82, 2.24) is 5.32 Å². The molecule has 0 spiro atoms. The molecule has 0 atom stereocenters. The molecule has 0 saturated carbocycles. The van der Waals surface area contributed by atoms with Gasteiger partial charge in [-0.15, -0.1) is 0 Å². The number of anilines is 1. The van der Waals surface area contributed by atoms with Crippen LogP contribution >= 0.6 is 23.2 Å². The first-order valence-corrected chi connectivity index (χ1v) is 10.3. The summed E-state index contributed by atoms with van der Waals surface area (Å²) in [5, 5.41) is 3.08. The van der Waals surface area contributed by atoms with Crippen LogP contribution in [0.25, 0.3) is 17.4 Å². The van der Waals surface area contributed by atoms with Crippen molar-refractivity contribution in [2.45, 2.75) is 6.92 Å². The Kier molecular flexibility index (Phi) is 6.03. The Labute approximate surface area is 193 Å². The van der Waals surface area contributed by atoms with Crippen LogP contribution in [-0.2, 0) is 9.59 Å². The van der Waals surface area contributed by atoms with Gasteiger partial charge in [-0.05, 0) is 55.5 Å². The summed E-state index contributed by atoms with van der Waals surface area (Å²) in [4.78, 5) is 38.9. The Bertz CT molecular complexity index is 1260. The lowest BCUT2D eigenvalue weighted by molar-refractivity contribution is -0.122. The zero-order valence-corrected chi connectivity index (χ0v) is 18.2. The molecule has 1 aliphatic rings. The number of hydrogen-bond donors (Lipinski definition) is 1. The topological polar surface area (TPSA) is 88.8 Å². The average molecular weight is 471 g/mol. The van der Waals surface area contributed by atoms with Gasteiger partial charge in [0.05, 0.1) is 17.3 Å². The third-order valence-electron chi connectivity index (χ3n) is 4.61. The van der Waals surface area contributed by atoms with Gasteiger partial charge >= 0.3 is 6.03 Å². The van der Waals surface area contributed by atoms with E-state index in [-0.39, 0.29) is 17.0 Å². The highest BCUT2D eigenvalue weighted by atomic mass is 35.5. The molecule has 1 fully saturated rings. The number of imide groups is 2. The van der Waals surface area contributed by atoms with Crippen LogP contribution in [0, 0.1) is 0 Å². The molecule has 1 aromatic heterocycles. The molecule has 0 bridgehead atoms. The Morgan fingerprint density at radius 2 is 1.84 bits per heavy atom. The molecule has 0 aliphatic carbocycles. The first-order chi connectivity index (χ1) is 15.4. The lowest BCUT2D eigenvalue weighted by atomic mass is 10.1. The van der Waals surface area contributed by atoms with Gasteiger partial charge in [0.25, 0.3) is 11.8 Å². The zero-order chi connectivity index (χ0) is 22.8. The normalized spacial score (nSPS) is 15.3. The number of amides is 4. The lowest BCUT2D eigenvalue weighted by Gasteiger charge is -2.27. The Balaban J connectivity index is 1.70. The van der Waals surface area contributed by atoms with Gasteiger partial charge in [-0.3, -0.25) is 14.9 Å². The smallest absolute Gasteiger partial charge is 0.336 e. The van der Waals surface area contributed by atoms with Gasteiger partial charge in [0.1, 0.15) is 22.8 Å². The Morgan fingerprint density at radius 1 is 1.06 bits per heavy atom. The number of ether oxygens (including phenoxy) is 1. The average Bonchev–Trinajstić information content (AvgIpc) is 3.22. The fourth-order valence-electron chi connectivity index (χ4n) is 3.20. The van der Waals surface area contributed by atoms with E-state index in [9.17, 15) is 14.4 Å². The van der Waals surface area contributed by atoms with E-state index in [1.54, 1.807) is 61.5 Å². The summed E-state index contributed by atoms with van der Waals surface area (Å²) in [6.45, 7) is 2.12. The van der Waals surface area contributed by atoms with Gasteiger partial charge in [-0.2, -0.15) is 0 Å². The second kappa shape index (κ2) is 8.90. The fourth-order valence-corrected chi connectivity index (χ4v) is 3.58. The van der Waals surface area contributed by atoms with Crippen molar-refractivity contribution < 1.29 is 23.5 Å². The zero-order valence-electron chi connectivity index (χ0n) is 16.7. The number of rotatable bonds is 5. The number of furan rings is 1. The number of carbonyl (C=O) groups is 3. The molecule has 32 heavy (non-hydrogen) atoms. The van der Waals surface area contributed by atoms with E-state index in [0.717, 1.165) is 4.90 Å². The highest BCUT2D eigenvalue weighted by Gasteiger charge is 2.38. The van der Waals surface area contributed by atoms with Gasteiger partial charge < -0.3 is 9.15 Å². The van der Waals surface area contributed by atoms with E-state index in [1.807, 2.05) is 0 Å². The second-order valence-corrected chi connectivity index (χ2v) is 7.53. The summed E-state index contributed by atoms with van der Waals surface area (Å²) in [5.41, 5.74) is 0.515. The quantitative estimate of drug-likeness (QED) is 0.402. The molecular weight excluding hydrogens is 455 g/mol. The molecule has 7 nitrogen and oxygen atoms in total. The summed E-state index contributed by atoms with van der Waals surface area (Å²) in [7, 11) is 0. The minimum Gasteiger partial charge on any atom is -0.492 e. The molecule has 0 unspecified atom stereocenters. The molecule has 0 radical (unpaired) electrons. The fraction of sp³-hybridized carbons (Fsp3) is 0.0870. The number of barbiturate groups is 1. The van der Waals surface area contributed by atoms with Gasteiger partial charge in [-0.25, -0.2) is 9.69 Å². The molecule has 2 aromatic carbocycles. The minimum absolute atomic E-state index is 0.223. The van der Waals surface area contributed by atoms with Crippen LogP contribution in [0.5, 0.6) is 5.75 Å². The first kappa shape index (κ1) is 21.7. The van der Waals surface area contributed by atoms with Crippen molar-refractivity contribution in [3.8, 4) is 17.1 Å². The predicted octanol–water partition coefficient (Wildman–Crippen LogP) is 5.32. The second-order valence-electron chi connectivity index (χ2n) is 6.68. The number of nitrogens with one attached hydrogen (secondary N) is 1. The van der Waals surface area contributed by atoms with Gasteiger partial charge in [0.15, 0.2) is 0 Å². The highest BCUT2D eigenvalue weighted by molar-refractivity contribution is 6.39. The maximum Gasteiger partial charge on any atom is 0.336 e. The van der Waals surface area contributed by atoms with E-state index in [4.69, 9.17) is 32.4 Å². The van der Waals surface area contributed by atoms with Crippen LogP contribution in [0.2, 0.25) is 10.0 Å². The first-order valence-electron chi connectivity index (χ1n) is 9.57. The van der Waals surface area contributed by atoms with E-state index < -0.39 is 17.8 Å². The van der Waals surface area contributed by atoms with E-state index in [2.05, 4.69) is 5.32 Å². The maximum absolute atomic E-state index is 13.1. The van der Waals surface area contributed by atoms with Gasteiger partial charge in [-0.1, -0.05) is 35.3 Å². The molecular formula is C23H16Cl2N2O5. The SMILES string of the molecule is CCOc1ccccc1N1C(=O)NC(=O)/C(=C\c2ccc(-c3cc(Cl)ccc3Cl)o2)C1=O. The highest BCUT2D eigenvalue weighted by Crippen LogP contribution is 2.34. The van der Waals surface area contributed by atoms with E-state index >= 15 is 0 Å². The summed E-state index contributed by atoms with van der Waals surface area (Å²) < 4.78 is 11.3. The van der Waals surface area contributed by atoms with E-state index in [0.29, 0.717) is 33.7 Å². The molecule has 1 saturated heterocycles. The summed E-state index contributed by atoms with van der Waals surface area (Å²) >= 11 is 12.2. The number of urea groups is 1. The number of nitrogens with zero attached hydrogens (tertiary/aromatic N) is 1. The minimum atomic E-state index is -0.866. The number of halogens is 2.